The van der Waals surface area contributed by atoms with E-state index in [1.54, 1.807) is 7.11 Å². The van der Waals surface area contributed by atoms with Crippen molar-refractivity contribution in [2.45, 2.75) is 51.1 Å². The van der Waals surface area contributed by atoms with Crippen molar-refractivity contribution in [2.75, 3.05) is 47.0 Å². The van der Waals surface area contributed by atoms with Crippen LogP contribution in [0.15, 0.2) is 29.3 Å². The first-order valence-corrected chi connectivity index (χ1v) is 10.9. The van der Waals surface area contributed by atoms with E-state index in [2.05, 4.69) is 65.6 Å². The largest absolute Gasteiger partial charge is 0.497 e. The van der Waals surface area contributed by atoms with Gasteiger partial charge in [0, 0.05) is 57.4 Å². The normalized spacial score (nSPS) is 25.2. The van der Waals surface area contributed by atoms with Gasteiger partial charge in [0.15, 0.2) is 5.96 Å². The molecule has 2 saturated heterocycles. The molecule has 162 valence electrons. The van der Waals surface area contributed by atoms with Crippen molar-refractivity contribution in [1.82, 2.24) is 15.5 Å². The molecule has 2 unspecified atom stereocenters. The Morgan fingerprint density at radius 1 is 1.24 bits per heavy atom. The van der Waals surface area contributed by atoms with Crippen LogP contribution in [0.5, 0.6) is 5.75 Å². The van der Waals surface area contributed by atoms with Crippen LogP contribution in [0.3, 0.4) is 0 Å². The Hall–Kier alpha value is -1.79. The summed E-state index contributed by atoms with van der Waals surface area (Å²) in [4.78, 5) is 7.05. The van der Waals surface area contributed by atoms with Gasteiger partial charge in [0.25, 0.3) is 0 Å². The number of nitrogens with zero attached hydrogens (tertiary/aromatic N) is 2. The average molecular weight is 403 g/mol. The fourth-order valence-electron chi connectivity index (χ4n) is 4.51. The lowest BCUT2D eigenvalue weighted by Gasteiger charge is -2.38. The first-order chi connectivity index (χ1) is 14.0. The lowest BCUT2D eigenvalue weighted by atomic mass is 9.74. The Labute approximate surface area is 176 Å². The van der Waals surface area contributed by atoms with Crippen LogP contribution in [0.4, 0.5) is 0 Å². The number of likely N-dealkylation sites (tertiary alicyclic amines) is 1. The summed E-state index contributed by atoms with van der Waals surface area (Å²) in [6, 6.07) is 9.51. The van der Waals surface area contributed by atoms with Crippen LogP contribution in [-0.2, 0) is 10.2 Å². The first kappa shape index (κ1) is 21.9. The van der Waals surface area contributed by atoms with Crippen LogP contribution in [0.1, 0.15) is 39.2 Å². The van der Waals surface area contributed by atoms with E-state index in [0.717, 1.165) is 57.4 Å². The Morgan fingerprint density at radius 3 is 2.48 bits per heavy atom. The molecule has 2 heterocycles. The minimum Gasteiger partial charge on any atom is -0.497 e. The third kappa shape index (κ3) is 5.23. The maximum atomic E-state index is 5.68. The van der Waals surface area contributed by atoms with Gasteiger partial charge in [-0.1, -0.05) is 19.1 Å². The molecule has 2 fully saturated rings. The van der Waals surface area contributed by atoms with Crippen molar-refractivity contribution < 1.29 is 9.47 Å². The van der Waals surface area contributed by atoms with E-state index in [-0.39, 0.29) is 5.41 Å². The molecule has 6 heteroatoms. The van der Waals surface area contributed by atoms with E-state index in [4.69, 9.17) is 9.47 Å². The van der Waals surface area contributed by atoms with Crippen LogP contribution in [0.25, 0.3) is 0 Å². The number of aliphatic imine (C=N–C) groups is 1. The Balaban J connectivity index is 1.66. The molecule has 0 aliphatic carbocycles. The fraction of sp³-hybridized carbons (Fsp3) is 0.696. The highest BCUT2D eigenvalue weighted by Gasteiger charge is 2.36. The molecule has 6 nitrogen and oxygen atoms in total. The van der Waals surface area contributed by atoms with E-state index in [1.165, 1.54) is 5.56 Å². The number of rotatable bonds is 6. The summed E-state index contributed by atoms with van der Waals surface area (Å²) in [5.41, 5.74) is 1.39. The molecule has 1 aromatic rings. The second-order valence-electron chi connectivity index (χ2n) is 8.82. The van der Waals surface area contributed by atoms with Gasteiger partial charge in [-0.15, -0.1) is 0 Å². The van der Waals surface area contributed by atoms with Crippen molar-refractivity contribution in [3.8, 4) is 5.75 Å². The highest BCUT2D eigenvalue weighted by atomic mass is 16.5. The molecule has 0 spiro atoms. The molecule has 29 heavy (non-hydrogen) atoms. The standard InChI is InChI=1S/C23H38N4O2/c1-17(2)27-14-18(3)21(15-27)26-22(24-4)25-16-23(10-12-29-13-11-23)19-6-8-20(28-5)9-7-19/h6-9,17-18,21H,10-16H2,1-5H3,(H2,24,25,26). The van der Waals surface area contributed by atoms with Crippen LogP contribution >= 0.6 is 0 Å². The molecule has 1 aromatic carbocycles. The van der Waals surface area contributed by atoms with E-state index in [9.17, 15) is 0 Å². The van der Waals surface area contributed by atoms with Gasteiger partial charge in [-0.2, -0.15) is 0 Å². The smallest absolute Gasteiger partial charge is 0.191 e. The molecule has 2 aliphatic rings. The molecule has 0 radical (unpaired) electrons. The third-order valence-electron chi connectivity index (χ3n) is 6.66. The van der Waals surface area contributed by atoms with Gasteiger partial charge >= 0.3 is 0 Å². The number of guanidine groups is 1. The molecule has 0 amide bonds. The van der Waals surface area contributed by atoms with Gasteiger partial charge in [-0.25, -0.2) is 0 Å². The summed E-state index contributed by atoms with van der Waals surface area (Å²) in [6.07, 6.45) is 2.01. The van der Waals surface area contributed by atoms with Crippen molar-refractivity contribution in [1.29, 1.82) is 0 Å². The van der Waals surface area contributed by atoms with E-state index in [1.807, 2.05) is 7.05 Å². The van der Waals surface area contributed by atoms with Gasteiger partial charge < -0.3 is 20.1 Å². The molecular formula is C23H38N4O2. The molecule has 2 N–H and O–H groups in total. The van der Waals surface area contributed by atoms with Crippen molar-refractivity contribution in [2.24, 2.45) is 10.9 Å². The number of methoxy groups -OCH3 is 1. The average Bonchev–Trinajstić information content (AvgIpc) is 3.12. The van der Waals surface area contributed by atoms with E-state index >= 15 is 0 Å². The van der Waals surface area contributed by atoms with E-state index in [0.29, 0.717) is 18.0 Å². The quantitative estimate of drug-likeness (QED) is 0.566. The number of hydrogen-bond acceptors (Lipinski definition) is 4. The maximum absolute atomic E-state index is 5.68. The molecular weight excluding hydrogens is 364 g/mol. The summed E-state index contributed by atoms with van der Waals surface area (Å²) >= 11 is 0. The zero-order valence-corrected chi connectivity index (χ0v) is 18.7. The Morgan fingerprint density at radius 2 is 1.93 bits per heavy atom. The highest BCUT2D eigenvalue weighted by molar-refractivity contribution is 5.80. The van der Waals surface area contributed by atoms with Gasteiger partial charge in [-0.3, -0.25) is 9.89 Å². The van der Waals surface area contributed by atoms with Crippen molar-refractivity contribution >= 4 is 5.96 Å². The molecule has 2 atom stereocenters. The monoisotopic (exact) mass is 402 g/mol. The number of ether oxygens (including phenoxy) is 2. The summed E-state index contributed by atoms with van der Waals surface area (Å²) in [6.45, 7) is 11.5. The maximum Gasteiger partial charge on any atom is 0.191 e. The molecule has 3 rings (SSSR count). The van der Waals surface area contributed by atoms with Gasteiger partial charge in [-0.05, 0) is 50.3 Å². The van der Waals surface area contributed by atoms with Gasteiger partial charge in [0.1, 0.15) is 5.75 Å². The van der Waals surface area contributed by atoms with Gasteiger partial charge in [0.2, 0.25) is 0 Å². The van der Waals surface area contributed by atoms with Crippen LogP contribution in [0.2, 0.25) is 0 Å². The summed E-state index contributed by atoms with van der Waals surface area (Å²) < 4.78 is 11.0. The Kier molecular flexibility index (Phi) is 7.41. The second kappa shape index (κ2) is 9.81. The van der Waals surface area contributed by atoms with Crippen LogP contribution < -0.4 is 15.4 Å². The van der Waals surface area contributed by atoms with Crippen molar-refractivity contribution in [3.63, 3.8) is 0 Å². The van der Waals surface area contributed by atoms with Crippen LogP contribution in [-0.4, -0.2) is 69.9 Å². The zero-order chi connectivity index (χ0) is 20.9. The summed E-state index contributed by atoms with van der Waals surface area (Å²) in [5, 5.41) is 7.30. The molecule has 0 bridgehead atoms. The highest BCUT2D eigenvalue weighted by Crippen LogP contribution is 2.35. The van der Waals surface area contributed by atoms with Crippen molar-refractivity contribution in [3.05, 3.63) is 29.8 Å². The van der Waals surface area contributed by atoms with Crippen LogP contribution in [0, 0.1) is 5.92 Å². The summed E-state index contributed by atoms with van der Waals surface area (Å²) in [5.74, 6) is 2.40. The fourth-order valence-corrected chi connectivity index (χ4v) is 4.51. The Bertz CT molecular complexity index is 668. The number of hydrogen-bond donors (Lipinski definition) is 2. The molecule has 2 aliphatic heterocycles. The lowest BCUT2D eigenvalue weighted by molar-refractivity contribution is 0.0513. The van der Waals surface area contributed by atoms with Gasteiger partial charge in [0.05, 0.1) is 7.11 Å². The predicted octanol–water partition coefficient (Wildman–Crippen LogP) is 2.64. The number of nitrogens with one attached hydrogen (secondary N) is 2. The lowest BCUT2D eigenvalue weighted by Crippen LogP contribution is -2.51. The third-order valence-corrected chi connectivity index (χ3v) is 6.66. The van der Waals surface area contributed by atoms with E-state index < -0.39 is 0 Å². The SMILES string of the molecule is CN=C(NCC1(c2ccc(OC)cc2)CCOCC1)NC1CN(C(C)C)CC1C. The topological polar surface area (TPSA) is 58.1 Å². The zero-order valence-electron chi connectivity index (χ0n) is 18.7. The second-order valence-corrected chi connectivity index (χ2v) is 8.82. The molecule has 0 aromatic heterocycles. The summed E-state index contributed by atoms with van der Waals surface area (Å²) in [7, 11) is 3.57. The molecule has 0 saturated carbocycles. The predicted molar refractivity (Wildman–Crippen MR) is 119 cm³/mol. The number of benzene rings is 1. The minimum absolute atomic E-state index is 0.0490. The minimum atomic E-state index is 0.0490. The first-order valence-electron chi connectivity index (χ1n) is 10.9.